The SMILES string of the molecule is Oc1ccc(S)c2ccc(CBr)nc12. The highest BCUT2D eigenvalue weighted by Gasteiger charge is 2.04. The Labute approximate surface area is 95.5 Å². The molecule has 4 heteroatoms. The fourth-order valence-corrected chi connectivity index (χ4v) is 1.87. The molecule has 2 nitrogen and oxygen atoms in total. The number of rotatable bonds is 1. The van der Waals surface area contributed by atoms with Crippen LogP contribution in [0.25, 0.3) is 10.9 Å². The van der Waals surface area contributed by atoms with Crippen molar-refractivity contribution in [2.24, 2.45) is 0 Å². The van der Waals surface area contributed by atoms with Gasteiger partial charge in [-0.2, -0.15) is 0 Å². The molecule has 0 saturated carbocycles. The summed E-state index contributed by atoms with van der Waals surface area (Å²) in [7, 11) is 0. The van der Waals surface area contributed by atoms with Crippen LogP contribution >= 0.6 is 28.6 Å². The molecule has 1 heterocycles. The number of thiol groups is 1. The number of hydrogen-bond donors (Lipinski definition) is 2. The number of phenols is 1. The summed E-state index contributed by atoms with van der Waals surface area (Å²) in [5.74, 6) is 0.195. The van der Waals surface area contributed by atoms with Gasteiger partial charge in [-0.15, -0.1) is 12.6 Å². The van der Waals surface area contributed by atoms with Gasteiger partial charge in [0.2, 0.25) is 0 Å². The van der Waals surface area contributed by atoms with Crippen LogP contribution in [0.5, 0.6) is 5.75 Å². The lowest BCUT2D eigenvalue weighted by molar-refractivity contribution is 0.480. The van der Waals surface area contributed by atoms with Crippen LogP contribution in [0.3, 0.4) is 0 Å². The Kier molecular flexibility index (Phi) is 2.65. The van der Waals surface area contributed by atoms with Gasteiger partial charge in [0.15, 0.2) is 0 Å². The molecule has 0 saturated heterocycles. The van der Waals surface area contributed by atoms with Crippen molar-refractivity contribution in [3.63, 3.8) is 0 Å². The smallest absolute Gasteiger partial charge is 0.141 e. The van der Waals surface area contributed by atoms with E-state index in [2.05, 4.69) is 33.5 Å². The molecule has 0 aliphatic carbocycles. The largest absolute Gasteiger partial charge is 0.506 e. The van der Waals surface area contributed by atoms with Crippen molar-refractivity contribution < 1.29 is 5.11 Å². The van der Waals surface area contributed by atoms with Crippen molar-refractivity contribution in [1.29, 1.82) is 0 Å². The molecule has 0 amide bonds. The van der Waals surface area contributed by atoms with Crippen molar-refractivity contribution in [3.05, 3.63) is 30.0 Å². The van der Waals surface area contributed by atoms with E-state index in [9.17, 15) is 5.11 Å². The van der Waals surface area contributed by atoms with Gasteiger partial charge in [0.25, 0.3) is 0 Å². The predicted octanol–water partition coefficient (Wildman–Crippen LogP) is 3.12. The number of phenolic OH excluding ortho intramolecular Hbond substituents is 1. The summed E-state index contributed by atoms with van der Waals surface area (Å²) in [4.78, 5) is 5.13. The molecular weight excluding hydrogens is 262 g/mol. The van der Waals surface area contributed by atoms with Crippen LogP contribution in [0.1, 0.15) is 5.69 Å². The van der Waals surface area contributed by atoms with E-state index in [1.807, 2.05) is 12.1 Å². The normalized spacial score (nSPS) is 10.7. The van der Waals surface area contributed by atoms with Gasteiger partial charge >= 0.3 is 0 Å². The molecule has 2 rings (SSSR count). The zero-order valence-electron chi connectivity index (χ0n) is 7.24. The number of aromatic nitrogens is 1. The number of benzene rings is 1. The number of hydrogen-bond acceptors (Lipinski definition) is 3. The Hall–Kier alpha value is -0.740. The van der Waals surface area contributed by atoms with E-state index >= 15 is 0 Å². The van der Waals surface area contributed by atoms with E-state index in [-0.39, 0.29) is 5.75 Å². The lowest BCUT2D eigenvalue weighted by Gasteiger charge is -2.04. The van der Waals surface area contributed by atoms with Gasteiger partial charge in [0.05, 0.1) is 5.69 Å². The van der Waals surface area contributed by atoms with Crippen molar-refractivity contribution in [2.75, 3.05) is 0 Å². The molecule has 72 valence electrons. The summed E-state index contributed by atoms with van der Waals surface area (Å²) in [6.45, 7) is 0. The molecule has 1 N–H and O–H groups in total. The number of alkyl halides is 1. The van der Waals surface area contributed by atoms with Gasteiger partial charge in [-0.25, -0.2) is 4.98 Å². The summed E-state index contributed by atoms with van der Waals surface area (Å²) in [5, 5.41) is 11.2. The average molecular weight is 270 g/mol. The monoisotopic (exact) mass is 269 g/mol. The third kappa shape index (κ3) is 1.60. The maximum Gasteiger partial charge on any atom is 0.141 e. The third-order valence-electron chi connectivity index (χ3n) is 2.01. The molecule has 2 aromatic rings. The number of fused-ring (bicyclic) bond motifs is 1. The van der Waals surface area contributed by atoms with E-state index < -0.39 is 0 Å². The van der Waals surface area contributed by atoms with Gasteiger partial charge in [0.1, 0.15) is 11.3 Å². The van der Waals surface area contributed by atoms with E-state index in [0.29, 0.717) is 10.8 Å². The molecule has 0 radical (unpaired) electrons. The summed E-state index contributed by atoms with van der Waals surface area (Å²) in [6.07, 6.45) is 0. The van der Waals surface area contributed by atoms with Gasteiger partial charge < -0.3 is 5.11 Å². The summed E-state index contributed by atoms with van der Waals surface area (Å²) < 4.78 is 0. The molecule has 0 aliphatic heterocycles. The predicted molar refractivity (Wildman–Crippen MR) is 63.3 cm³/mol. The second kappa shape index (κ2) is 3.79. The van der Waals surface area contributed by atoms with Crippen LogP contribution in [-0.4, -0.2) is 10.1 Å². The Bertz CT molecular complexity index is 487. The first-order valence-corrected chi connectivity index (χ1v) is 5.66. The minimum absolute atomic E-state index is 0.195. The van der Waals surface area contributed by atoms with Gasteiger partial charge in [-0.1, -0.05) is 15.9 Å². The fourth-order valence-electron chi connectivity index (χ4n) is 1.30. The van der Waals surface area contributed by atoms with Gasteiger partial charge in [-0.05, 0) is 24.3 Å². The Morgan fingerprint density at radius 1 is 1.29 bits per heavy atom. The van der Waals surface area contributed by atoms with Crippen LogP contribution in [0.2, 0.25) is 0 Å². The topological polar surface area (TPSA) is 33.1 Å². The molecule has 14 heavy (non-hydrogen) atoms. The standard InChI is InChI=1S/C10H8BrNOS/c11-5-6-1-2-7-9(14)4-3-8(13)10(7)12-6/h1-4,13-14H,5H2. The molecule has 1 aromatic heterocycles. The van der Waals surface area contributed by atoms with E-state index in [1.165, 1.54) is 0 Å². The quantitative estimate of drug-likeness (QED) is 0.616. The van der Waals surface area contributed by atoms with Gasteiger partial charge in [-0.3, -0.25) is 0 Å². The van der Waals surface area contributed by atoms with Crippen LogP contribution in [0, 0.1) is 0 Å². The van der Waals surface area contributed by atoms with Crippen LogP contribution in [0.4, 0.5) is 0 Å². The molecule has 0 fully saturated rings. The van der Waals surface area contributed by atoms with E-state index in [1.54, 1.807) is 12.1 Å². The number of pyridine rings is 1. The molecule has 0 bridgehead atoms. The second-order valence-corrected chi connectivity index (χ2v) is 3.98. The highest BCUT2D eigenvalue weighted by atomic mass is 79.9. The summed E-state index contributed by atoms with van der Waals surface area (Å²) in [6, 6.07) is 7.20. The first-order chi connectivity index (χ1) is 6.72. The van der Waals surface area contributed by atoms with E-state index in [0.717, 1.165) is 16.0 Å². The first-order valence-electron chi connectivity index (χ1n) is 4.09. The van der Waals surface area contributed by atoms with Crippen molar-refractivity contribution >= 4 is 39.5 Å². The van der Waals surface area contributed by atoms with Gasteiger partial charge in [0, 0.05) is 15.6 Å². The van der Waals surface area contributed by atoms with E-state index in [4.69, 9.17) is 0 Å². The molecular formula is C10H8BrNOS. The summed E-state index contributed by atoms with van der Waals surface area (Å²) in [5.41, 5.74) is 1.50. The Balaban J connectivity index is 2.80. The molecule has 0 aliphatic rings. The zero-order chi connectivity index (χ0) is 10.1. The van der Waals surface area contributed by atoms with Crippen LogP contribution < -0.4 is 0 Å². The maximum atomic E-state index is 9.60. The third-order valence-corrected chi connectivity index (χ3v) is 2.97. The van der Waals surface area contributed by atoms with Crippen molar-refractivity contribution in [1.82, 2.24) is 4.98 Å². The summed E-state index contributed by atoms with van der Waals surface area (Å²) >= 11 is 7.62. The minimum Gasteiger partial charge on any atom is -0.506 e. The second-order valence-electron chi connectivity index (χ2n) is 2.94. The van der Waals surface area contributed by atoms with Crippen LogP contribution in [-0.2, 0) is 5.33 Å². The highest BCUT2D eigenvalue weighted by Crippen LogP contribution is 2.28. The molecule has 0 unspecified atom stereocenters. The van der Waals surface area contributed by atoms with Crippen LogP contribution in [0.15, 0.2) is 29.2 Å². The number of aromatic hydroxyl groups is 1. The van der Waals surface area contributed by atoms with Crippen molar-refractivity contribution in [2.45, 2.75) is 10.2 Å². The molecule has 0 atom stereocenters. The number of halogens is 1. The first kappa shape index (κ1) is 9.80. The minimum atomic E-state index is 0.195. The Morgan fingerprint density at radius 2 is 2.07 bits per heavy atom. The number of nitrogens with zero attached hydrogens (tertiary/aromatic N) is 1. The lowest BCUT2D eigenvalue weighted by Crippen LogP contribution is -1.87. The highest BCUT2D eigenvalue weighted by molar-refractivity contribution is 9.08. The molecule has 1 aromatic carbocycles. The Morgan fingerprint density at radius 3 is 2.79 bits per heavy atom. The fraction of sp³-hybridized carbons (Fsp3) is 0.100. The molecule has 0 spiro atoms. The maximum absolute atomic E-state index is 9.60. The van der Waals surface area contributed by atoms with Crippen molar-refractivity contribution in [3.8, 4) is 5.75 Å². The average Bonchev–Trinajstić information content (AvgIpc) is 2.23. The zero-order valence-corrected chi connectivity index (χ0v) is 9.72. The lowest BCUT2D eigenvalue weighted by atomic mass is 10.2.